The molecule has 0 aliphatic rings. The van der Waals surface area contributed by atoms with Gasteiger partial charge >= 0.3 is 0 Å². The van der Waals surface area contributed by atoms with Gasteiger partial charge in [0, 0.05) is 25.0 Å². The van der Waals surface area contributed by atoms with E-state index in [0.717, 1.165) is 17.7 Å². The van der Waals surface area contributed by atoms with Crippen molar-refractivity contribution in [2.24, 2.45) is 0 Å². The zero-order chi connectivity index (χ0) is 16.1. The standard InChI is InChI=1S/C16H15N5O2/c22-21(23)15-5-6-16(18-11-15)17-10-13-3-1-4-14(9-13)12-20-8-2-7-19-20/h1-9,11H,10,12H2,(H,17,18). The molecule has 7 heteroatoms. The molecule has 0 saturated carbocycles. The molecule has 0 bridgehead atoms. The lowest BCUT2D eigenvalue weighted by molar-refractivity contribution is -0.385. The summed E-state index contributed by atoms with van der Waals surface area (Å²) in [5, 5.41) is 17.9. The summed E-state index contributed by atoms with van der Waals surface area (Å²) in [6.45, 7) is 1.31. The lowest BCUT2D eigenvalue weighted by Gasteiger charge is -2.08. The van der Waals surface area contributed by atoms with E-state index in [9.17, 15) is 10.1 Å². The van der Waals surface area contributed by atoms with Crippen LogP contribution in [0.4, 0.5) is 11.5 Å². The molecule has 3 aromatic rings. The summed E-state index contributed by atoms with van der Waals surface area (Å²) in [6.07, 6.45) is 4.92. The van der Waals surface area contributed by atoms with Crippen LogP contribution in [0, 0.1) is 10.1 Å². The molecule has 116 valence electrons. The van der Waals surface area contributed by atoms with E-state index in [2.05, 4.69) is 27.5 Å². The van der Waals surface area contributed by atoms with Crippen LogP contribution >= 0.6 is 0 Å². The fourth-order valence-electron chi connectivity index (χ4n) is 2.21. The largest absolute Gasteiger partial charge is 0.366 e. The summed E-state index contributed by atoms with van der Waals surface area (Å²) in [5.74, 6) is 0.605. The van der Waals surface area contributed by atoms with E-state index < -0.39 is 4.92 Å². The number of nitro groups is 1. The van der Waals surface area contributed by atoms with Gasteiger partial charge in [-0.1, -0.05) is 24.3 Å². The first-order chi connectivity index (χ1) is 11.2. The van der Waals surface area contributed by atoms with Crippen molar-refractivity contribution in [3.8, 4) is 0 Å². The number of anilines is 1. The summed E-state index contributed by atoms with van der Waals surface area (Å²) in [6, 6.07) is 13.1. The second-order valence-electron chi connectivity index (χ2n) is 5.04. The van der Waals surface area contributed by atoms with E-state index in [1.807, 2.05) is 29.1 Å². The van der Waals surface area contributed by atoms with Gasteiger partial charge in [-0.05, 0) is 23.3 Å². The molecule has 2 heterocycles. The maximum absolute atomic E-state index is 10.6. The van der Waals surface area contributed by atoms with E-state index in [1.165, 1.54) is 12.3 Å². The number of aromatic nitrogens is 3. The number of hydrogen-bond donors (Lipinski definition) is 1. The molecule has 3 rings (SSSR count). The van der Waals surface area contributed by atoms with E-state index in [1.54, 1.807) is 12.3 Å². The highest BCUT2D eigenvalue weighted by molar-refractivity contribution is 5.41. The van der Waals surface area contributed by atoms with Crippen molar-refractivity contribution in [2.45, 2.75) is 13.1 Å². The molecular formula is C16H15N5O2. The van der Waals surface area contributed by atoms with E-state index in [0.29, 0.717) is 12.4 Å². The van der Waals surface area contributed by atoms with Crippen molar-refractivity contribution in [1.82, 2.24) is 14.8 Å². The molecule has 0 aliphatic carbocycles. The normalized spacial score (nSPS) is 10.4. The van der Waals surface area contributed by atoms with Crippen molar-refractivity contribution >= 4 is 11.5 Å². The van der Waals surface area contributed by atoms with Gasteiger partial charge in [0.2, 0.25) is 0 Å². The predicted molar refractivity (Wildman–Crippen MR) is 86.0 cm³/mol. The van der Waals surface area contributed by atoms with Crippen molar-refractivity contribution in [1.29, 1.82) is 0 Å². The van der Waals surface area contributed by atoms with Crippen molar-refractivity contribution in [2.75, 3.05) is 5.32 Å². The van der Waals surface area contributed by atoms with Gasteiger partial charge in [0.15, 0.2) is 0 Å². The molecule has 0 spiro atoms. The first kappa shape index (κ1) is 14.7. The smallest absolute Gasteiger partial charge is 0.287 e. The molecule has 1 N–H and O–H groups in total. The second-order valence-corrected chi connectivity index (χ2v) is 5.04. The Morgan fingerprint density at radius 3 is 2.74 bits per heavy atom. The number of benzene rings is 1. The minimum absolute atomic E-state index is 0.0169. The van der Waals surface area contributed by atoms with Crippen LogP contribution in [-0.4, -0.2) is 19.7 Å². The fraction of sp³-hybridized carbons (Fsp3) is 0.125. The Labute approximate surface area is 132 Å². The van der Waals surface area contributed by atoms with E-state index >= 15 is 0 Å². The average Bonchev–Trinajstić information content (AvgIpc) is 3.07. The average molecular weight is 309 g/mol. The molecule has 0 atom stereocenters. The summed E-state index contributed by atoms with van der Waals surface area (Å²) in [7, 11) is 0. The van der Waals surface area contributed by atoms with Crippen LogP contribution < -0.4 is 5.32 Å². The first-order valence-electron chi connectivity index (χ1n) is 7.10. The van der Waals surface area contributed by atoms with Crippen LogP contribution in [0.1, 0.15) is 11.1 Å². The van der Waals surface area contributed by atoms with Gasteiger partial charge in [-0.15, -0.1) is 0 Å². The Kier molecular flexibility index (Phi) is 4.28. The Hall–Kier alpha value is -3.22. The molecule has 7 nitrogen and oxygen atoms in total. The SMILES string of the molecule is O=[N+]([O-])c1ccc(NCc2cccc(Cn3cccn3)c2)nc1. The van der Waals surface area contributed by atoms with Gasteiger partial charge < -0.3 is 5.32 Å². The van der Waals surface area contributed by atoms with Gasteiger partial charge in [0.1, 0.15) is 12.0 Å². The Balaban J connectivity index is 1.62. The molecule has 0 unspecified atom stereocenters. The maximum Gasteiger partial charge on any atom is 0.287 e. The van der Waals surface area contributed by atoms with E-state index in [4.69, 9.17) is 0 Å². The highest BCUT2D eigenvalue weighted by atomic mass is 16.6. The quantitative estimate of drug-likeness (QED) is 0.559. The van der Waals surface area contributed by atoms with Gasteiger partial charge in [0.05, 0.1) is 11.5 Å². The number of nitrogens with one attached hydrogen (secondary N) is 1. The minimum atomic E-state index is -0.463. The third kappa shape index (κ3) is 3.91. The summed E-state index contributed by atoms with van der Waals surface area (Å²) < 4.78 is 1.87. The monoisotopic (exact) mass is 309 g/mol. The van der Waals surface area contributed by atoms with E-state index in [-0.39, 0.29) is 5.69 Å². The lowest BCUT2D eigenvalue weighted by Crippen LogP contribution is -2.04. The van der Waals surface area contributed by atoms with Gasteiger partial charge in [-0.3, -0.25) is 14.8 Å². The molecule has 2 aromatic heterocycles. The molecule has 0 aliphatic heterocycles. The summed E-state index contributed by atoms with van der Waals surface area (Å²) >= 11 is 0. The van der Waals surface area contributed by atoms with Crippen molar-refractivity contribution in [3.05, 3.63) is 82.3 Å². The third-order valence-electron chi connectivity index (χ3n) is 3.33. The maximum atomic E-state index is 10.6. The zero-order valence-electron chi connectivity index (χ0n) is 12.3. The predicted octanol–water partition coefficient (Wildman–Crippen LogP) is 2.85. The number of pyridine rings is 1. The Morgan fingerprint density at radius 1 is 1.17 bits per heavy atom. The number of rotatable bonds is 6. The van der Waals surface area contributed by atoms with Gasteiger partial charge in [-0.2, -0.15) is 5.10 Å². The second kappa shape index (κ2) is 6.69. The Morgan fingerprint density at radius 2 is 2.04 bits per heavy atom. The number of nitrogens with zero attached hydrogens (tertiary/aromatic N) is 4. The molecular weight excluding hydrogens is 294 g/mol. The van der Waals surface area contributed by atoms with Crippen LogP contribution in [-0.2, 0) is 13.1 Å². The molecule has 0 fully saturated rings. The molecule has 0 saturated heterocycles. The van der Waals surface area contributed by atoms with Crippen LogP contribution in [0.5, 0.6) is 0 Å². The topological polar surface area (TPSA) is 85.9 Å². The van der Waals surface area contributed by atoms with Crippen LogP contribution in [0.3, 0.4) is 0 Å². The fourth-order valence-corrected chi connectivity index (χ4v) is 2.21. The lowest BCUT2D eigenvalue weighted by atomic mass is 10.1. The van der Waals surface area contributed by atoms with Crippen LogP contribution in [0.25, 0.3) is 0 Å². The number of hydrogen-bond acceptors (Lipinski definition) is 5. The first-order valence-corrected chi connectivity index (χ1v) is 7.10. The van der Waals surface area contributed by atoms with Crippen molar-refractivity contribution < 1.29 is 4.92 Å². The van der Waals surface area contributed by atoms with Crippen LogP contribution in [0.15, 0.2) is 61.1 Å². The summed E-state index contributed by atoms with van der Waals surface area (Å²) in [5.41, 5.74) is 2.25. The molecule has 1 aromatic carbocycles. The van der Waals surface area contributed by atoms with Gasteiger partial charge in [0.25, 0.3) is 5.69 Å². The molecule has 0 radical (unpaired) electrons. The van der Waals surface area contributed by atoms with Crippen LogP contribution in [0.2, 0.25) is 0 Å². The molecule has 23 heavy (non-hydrogen) atoms. The molecule has 0 amide bonds. The third-order valence-corrected chi connectivity index (χ3v) is 3.33. The minimum Gasteiger partial charge on any atom is -0.366 e. The Bertz CT molecular complexity index is 784. The van der Waals surface area contributed by atoms with Gasteiger partial charge in [-0.25, -0.2) is 4.98 Å². The van der Waals surface area contributed by atoms with Crippen molar-refractivity contribution in [3.63, 3.8) is 0 Å². The highest BCUT2D eigenvalue weighted by Crippen LogP contribution is 2.13. The summed E-state index contributed by atoms with van der Waals surface area (Å²) in [4.78, 5) is 14.2. The highest BCUT2D eigenvalue weighted by Gasteiger charge is 2.05. The zero-order valence-corrected chi connectivity index (χ0v) is 12.3.